The van der Waals surface area contributed by atoms with Crippen LogP contribution >= 0.6 is 11.8 Å². The van der Waals surface area contributed by atoms with Crippen molar-refractivity contribution in [1.82, 2.24) is 9.97 Å². The fourth-order valence-electron chi connectivity index (χ4n) is 1.92. The number of pyridine rings is 2. The maximum absolute atomic E-state index is 12.1. The van der Waals surface area contributed by atoms with Gasteiger partial charge in [-0.05, 0) is 31.2 Å². The van der Waals surface area contributed by atoms with Crippen LogP contribution in [0.25, 0.3) is 10.9 Å². The van der Waals surface area contributed by atoms with Crippen molar-refractivity contribution in [3.05, 3.63) is 29.6 Å². The monoisotopic (exact) mass is 276 g/mol. The molecule has 0 spiro atoms. The van der Waals surface area contributed by atoms with Gasteiger partial charge in [0, 0.05) is 17.8 Å². The molecule has 2 aromatic heterocycles. The first-order valence-electron chi connectivity index (χ1n) is 6.23. The lowest BCUT2D eigenvalue weighted by Gasteiger charge is -2.12. The summed E-state index contributed by atoms with van der Waals surface area (Å²) in [6, 6.07) is 1.86. The van der Waals surface area contributed by atoms with E-state index in [1.807, 2.05) is 19.9 Å². The molecule has 0 aliphatic heterocycles. The van der Waals surface area contributed by atoms with E-state index in [0.717, 1.165) is 27.2 Å². The highest BCUT2D eigenvalue weighted by Gasteiger charge is 2.19. The highest BCUT2D eigenvalue weighted by atomic mass is 32.2. The number of carbonyl (C=O) groups is 1. The molecule has 19 heavy (non-hydrogen) atoms. The van der Waals surface area contributed by atoms with Gasteiger partial charge in [0.15, 0.2) is 0 Å². The lowest BCUT2D eigenvalue weighted by molar-refractivity contribution is 0.0521. The van der Waals surface area contributed by atoms with E-state index in [4.69, 9.17) is 4.74 Å². The van der Waals surface area contributed by atoms with E-state index in [-0.39, 0.29) is 5.97 Å². The Hall–Kier alpha value is -1.62. The van der Waals surface area contributed by atoms with E-state index >= 15 is 0 Å². The fraction of sp³-hybridized carbons (Fsp3) is 0.357. The predicted molar refractivity (Wildman–Crippen MR) is 76.6 cm³/mol. The molecule has 4 nitrogen and oxygen atoms in total. The number of nitrogens with zero attached hydrogens (tertiary/aromatic N) is 2. The van der Waals surface area contributed by atoms with Gasteiger partial charge in [0.2, 0.25) is 0 Å². The van der Waals surface area contributed by atoms with Crippen LogP contribution in [0.2, 0.25) is 0 Å². The second-order valence-corrected chi connectivity index (χ2v) is 5.22. The highest BCUT2D eigenvalue weighted by Crippen LogP contribution is 2.29. The Kier molecular flexibility index (Phi) is 4.37. The first-order chi connectivity index (χ1) is 9.19. The van der Waals surface area contributed by atoms with Crippen molar-refractivity contribution in [2.45, 2.75) is 25.8 Å². The van der Waals surface area contributed by atoms with Gasteiger partial charge in [0.25, 0.3) is 0 Å². The second-order valence-electron chi connectivity index (χ2n) is 3.96. The minimum Gasteiger partial charge on any atom is -0.462 e. The van der Waals surface area contributed by atoms with Crippen LogP contribution in [0.1, 0.15) is 29.8 Å². The number of rotatable bonds is 4. The highest BCUT2D eigenvalue weighted by molar-refractivity contribution is 7.99. The number of carbonyl (C=O) groups excluding carboxylic acids is 1. The third kappa shape index (κ3) is 2.71. The molecule has 2 aromatic rings. The largest absolute Gasteiger partial charge is 0.462 e. The Balaban J connectivity index is 2.67. The number of aryl methyl sites for hydroxylation is 1. The molecular weight excluding hydrogens is 260 g/mol. The van der Waals surface area contributed by atoms with Crippen LogP contribution in [0.4, 0.5) is 0 Å². The normalized spacial score (nSPS) is 10.7. The molecule has 0 aliphatic rings. The summed E-state index contributed by atoms with van der Waals surface area (Å²) in [5.41, 5.74) is 2.30. The molecule has 0 fully saturated rings. The Morgan fingerprint density at radius 1 is 1.42 bits per heavy atom. The third-order valence-electron chi connectivity index (χ3n) is 2.77. The van der Waals surface area contributed by atoms with Gasteiger partial charge in [-0.15, -0.1) is 11.8 Å². The van der Waals surface area contributed by atoms with Gasteiger partial charge >= 0.3 is 5.97 Å². The van der Waals surface area contributed by atoms with Crippen LogP contribution in [0.15, 0.2) is 23.5 Å². The van der Waals surface area contributed by atoms with Crippen molar-refractivity contribution in [2.75, 3.05) is 12.4 Å². The molecule has 0 amide bonds. The van der Waals surface area contributed by atoms with Gasteiger partial charge in [0.1, 0.15) is 5.03 Å². The molecule has 0 N–H and O–H groups in total. The first-order valence-corrected chi connectivity index (χ1v) is 7.21. The van der Waals surface area contributed by atoms with E-state index in [1.54, 1.807) is 31.1 Å². The van der Waals surface area contributed by atoms with E-state index in [9.17, 15) is 4.79 Å². The van der Waals surface area contributed by atoms with Crippen molar-refractivity contribution in [1.29, 1.82) is 0 Å². The maximum atomic E-state index is 12.1. The summed E-state index contributed by atoms with van der Waals surface area (Å²) >= 11 is 1.55. The Labute approximate surface area is 116 Å². The molecule has 0 bridgehead atoms. The summed E-state index contributed by atoms with van der Waals surface area (Å²) < 4.78 is 5.13. The SMILES string of the molecule is CCOC(=O)c1c(SCC)nc2ccncc2c1C. The van der Waals surface area contributed by atoms with Crippen LogP contribution in [0.5, 0.6) is 0 Å². The molecule has 0 aliphatic carbocycles. The van der Waals surface area contributed by atoms with Crippen LogP contribution in [-0.2, 0) is 4.74 Å². The Bertz CT molecular complexity index is 614. The summed E-state index contributed by atoms with van der Waals surface area (Å²) in [4.78, 5) is 20.8. The molecule has 2 rings (SSSR count). The van der Waals surface area contributed by atoms with Crippen molar-refractivity contribution in [2.24, 2.45) is 0 Å². The van der Waals surface area contributed by atoms with E-state index in [0.29, 0.717) is 12.2 Å². The van der Waals surface area contributed by atoms with Crippen molar-refractivity contribution >= 4 is 28.6 Å². The van der Waals surface area contributed by atoms with Gasteiger partial charge in [-0.2, -0.15) is 0 Å². The summed E-state index contributed by atoms with van der Waals surface area (Å²) in [5, 5.41) is 1.63. The molecule has 0 aromatic carbocycles. The third-order valence-corrected chi connectivity index (χ3v) is 3.63. The molecule has 5 heteroatoms. The van der Waals surface area contributed by atoms with E-state index < -0.39 is 0 Å². The predicted octanol–water partition coefficient (Wildman–Crippen LogP) is 3.23. The number of hydrogen-bond donors (Lipinski definition) is 0. The maximum Gasteiger partial charge on any atom is 0.341 e. The first kappa shape index (κ1) is 13.8. The quantitative estimate of drug-likeness (QED) is 0.634. The molecule has 0 atom stereocenters. The number of hydrogen-bond acceptors (Lipinski definition) is 5. The van der Waals surface area contributed by atoms with Crippen molar-refractivity contribution in [3.8, 4) is 0 Å². The Morgan fingerprint density at radius 3 is 2.89 bits per heavy atom. The Morgan fingerprint density at radius 2 is 2.21 bits per heavy atom. The van der Waals surface area contributed by atoms with Crippen LogP contribution < -0.4 is 0 Å². The minimum atomic E-state index is -0.311. The molecule has 0 radical (unpaired) electrons. The summed E-state index contributed by atoms with van der Waals surface area (Å²) in [5.74, 6) is 0.546. The molecule has 0 unspecified atom stereocenters. The number of thioether (sulfide) groups is 1. The zero-order valence-corrected chi connectivity index (χ0v) is 12.1. The summed E-state index contributed by atoms with van der Waals surface area (Å²) in [7, 11) is 0. The molecule has 100 valence electrons. The van der Waals surface area contributed by atoms with Crippen molar-refractivity contribution in [3.63, 3.8) is 0 Å². The van der Waals surface area contributed by atoms with Gasteiger partial charge < -0.3 is 4.74 Å². The van der Waals surface area contributed by atoms with E-state index in [2.05, 4.69) is 9.97 Å². The van der Waals surface area contributed by atoms with Crippen LogP contribution in [0, 0.1) is 6.92 Å². The van der Waals surface area contributed by atoms with Crippen LogP contribution in [0.3, 0.4) is 0 Å². The molecule has 2 heterocycles. The number of aromatic nitrogens is 2. The molecule has 0 saturated carbocycles. The van der Waals surface area contributed by atoms with Gasteiger partial charge in [-0.1, -0.05) is 6.92 Å². The second kappa shape index (κ2) is 6.02. The van der Waals surface area contributed by atoms with Crippen LogP contribution in [-0.4, -0.2) is 28.3 Å². The average molecular weight is 276 g/mol. The molecule has 0 saturated heterocycles. The van der Waals surface area contributed by atoms with Gasteiger partial charge in [0.05, 0.1) is 17.7 Å². The zero-order valence-electron chi connectivity index (χ0n) is 11.3. The lowest BCUT2D eigenvalue weighted by Crippen LogP contribution is -2.10. The summed E-state index contributed by atoms with van der Waals surface area (Å²) in [6.45, 7) is 6.11. The minimum absolute atomic E-state index is 0.311. The fourth-order valence-corrected chi connectivity index (χ4v) is 2.74. The number of fused-ring (bicyclic) bond motifs is 1. The number of esters is 1. The summed E-state index contributed by atoms with van der Waals surface area (Å²) in [6.07, 6.45) is 3.44. The lowest BCUT2D eigenvalue weighted by atomic mass is 10.1. The standard InChI is InChI=1S/C14H16N2O2S/c1-4-18-14(17)12-9(3)10-8-15-7-6-11(10)16-13(12)19-5-2/h6-8H,4-5H2,1-3H3. The zero-order chi connectivity index (χ0) is 13.8. The topological polar surface area (TPSA) is 52.1 Å². The van der Waals surface area contributed by atoms with Gasteiger partial charge in [-0.25, -0.2) is 9.78 Å². The van der Waals surface area contributed by atoms with Gasteiger partial charge in [-0.3, -0.25) is 4.98 Å². The smallest absolute Gasteiger partial charge is 0.341 e. The number of ether oxygens (including phenoxy) is 1. The average Bonchev–Trinajstić information content (AvgIpc) is 2.39. The van der Waals surface area contributed by atoms with Crippen molar-refractivity contribution < 1.29 is 9.53 Å². The van der Waals surface area contributed by atoms with E-state index in [1.165, 1.54) is 0 Å². The molecular formula is C14H16N2O2S.